The van der Waals surface area contributed by atoms with Crippen LogP contribution in [0.4, 0.5) is 16.0 Å². The van der Waals surface area contributed by atoms with Gasteiger partial charge in [0.25, 0.3) is 0 Å². The number of carbonyl (C=O) groups is 2. The summed E-state index contributed by atoms with van der Waals surface area (Å²) in [5, 5.41) is 3.55. The van der Waals surface area contributed by atoms with Gasteiger partial charge < -0.3 is 9.64 Å². The second-order valence-corrected chi connectivity index (χ2v) is 10.9. The van der Waals surface area contributed by atoms with Crippen LogP contribution in [0.5, 0.6) is 0 Å². The highest BCUT2D eigenvalue weighted by Gasteiger charge is 2.29. The molecule has 1 saturated carbocycles. The fourth-order valence-corrected chi connectivity index (χ4v) is 5.60. The maximum absolute atomic E-state index is 15.3. The number of hydrazine groups is 1. The molecule has 1 saturated heterocycles. The number of anilines is 2. The second-order valence-electron chi connectivity index (χ2n) is 9.56. The Kier molecular flexibility index (Phi) is 10.4. The van der Waals surface area contributed by atoms with E-state index in [9.17, 15) is 9.59 Å². The van der Waals surface area contributed by atoms with Crippen molar-refractivity contribution in [3.63, 3.8) is 0 Å². The number of rotatable bonds is 13. The van der Waals surface area contributed by atoms with E-state index in [4.69, 9.17) is 21.2 Å². The molecule has 0 radical (unpaired) electrons. The zero-order valence-electron chi connectivity index (χ0n) is 21.3. The van der Waals surface area contributed by atoms with E-state index in [0.29, 0.717) is 38.3 Å². The third-order valence-corrected chi connectivity index (χ3v) is 7.63. The van der Waals surface area contributed by atoms with Crippen LogP contribution in [0.2, 0.25) is 5.28 Å². The SMILES string of the molecule is CN(Cc1nccs1)c1nc(Cl)nc(NNC(=O)[C@@H](CC2CCCC2)CN(C=O)OC2CCCCO2)c1F. The fourth-order valence-electron chi connectivity index (χ4n) is 4.76. The highest BCUT2D eigenvalue weighted by atomic mass is 35.5. The number of hydrogen-bond donors (Lipinski definition) is 2. The molecule has 1 aliphatic carbocycles. The Balaban J connectivity index is 1.42. The number of halogens is 2. The smallest absolute Gasteiger partial charge is 0.243 e. The Morgan fingerprint density at radius 3 is 2.79 bits per heavy atom. The zero-order chi connectivity index (χ0) is 26.9. The molecule has 2 amide bonds. The van der Waals surface area contributed by atoms with Crippen LogP contribution >= 0.6 is 22.9 Å². The molecule has 0 spiro atoms. The van der Waals surface area contributed by atoms with E-state index in [-0.39, 0.29) is 23.5 Å². The number of aromatic nitrogens is 3. The minimum atomic E-state index is -0.770. The van der Waals surface area contributed by atoms with Crippen LogP contribution in [0.15, 0.2) is 11.6 Å². The molecule has 2 aromatic heterocycles. The Bertz CT molecular complexity index is 1050. The first kappa shape index (κ1) is 28.4. The number of nitrogens with one attached hydrogen (secondary N) is 2. The molecule has 4 rings (SSSR count). The van der Waals surface area contributed by atoms with E-state index in [0.717, 1.165) is 48.6 Å². The monoisotopic (exact) mass is 569 g/mol. The molecule has 0 bridgehead atoms. The van der Waals surface area contributed by atoms with E-state index in [2.05, 4.69) is 25.8 Å². The van der Waals surface area contributed by atoms with Crippen LogP contribution in [0.25, 0.3) is 0 Å². The lowest BCUT2D eigenvalue weighted by molar-refractivity contribution is -0.276. The van der Waals surface area contributed by atoms with Gasteiger partial charge in [-0.15, -0.1) is 11.3 Å². The van der Waals surface area contributed by atoms with Crippen molar-refractivity contribution >= 4 is 46.9 Å². The first-order valence-electron chi connectivity index (χ1n) is 12.8. The van der Waals surface area contributed by atoms with Gasteiger partial charge in [-0.05, 0) is 36.8 Å². The molecular formula is C24H33ClFN7O4S. The molecule has 2 fully saturated rings. The van der Waals surface area contributed by atoms with Crippen molar-refractivity contribution in [2.45, 2.75) is 64.2 Å². The molecule has 38 heavy (non-hydrogen) atoms. The fraction of sp³-hybridized carbons (Fsp3) is 0.625. The number of hydrogen-bond acceptors (Lipinski definition) is 10. The van der Waals surface area contributed by atoms with Crippen LogP contribution in [0, 0.1) is 17.7 Å². The maximum Gasteiger partial charge on any atom is 0.243 e. The van der Waals surface area contributed by atoms with Crippen molar-refractivity contribution in [2.75, 3.05) is 30.5 Å². The Labute approximate surface area is 230 Å². The topological polar surface area (TPSA) is 122 Å². The lowest BCUT2D eigenvalue weighted by Gasteiger charge is -2.30. The van der Waals surface area contributed by atoms with Gasteiger partial charge in [0, 0.05) is 31.7 Å². The van der Waals surface area contributed by atoms with Gasteiger partial charge in [0.1, 0.15) is 5.01 Å². The predicted octanol–water partition coefficient (Wildman–Crippen LogP) is 3.92. The van der Waals surface area contributed by atoms with E-state index < -0.39 is 23.9 Å². The van der Waals surface area contributed by atoms with E-state index >= 15 is 4.39 Å². The average molecular weight is 570 g/mol. The van der Waals surface area contributed by atoms with Crippen LogP contribution in [0.3, 0.4) is 0 Å². The number of carbonyl (C=O) groups excluding carboxylic acids is 2. The number of nitrogens with zero attached hydrogens (tertiary/aromatic N) is 5. The normalized spacial score (nSPS) is 18.7. The van der Waals surface area contributed by atoms with Crippen molar-refractivity contribution in [3.05, 3.63) is 27.7 Å². The summed E-state index contributed by atoms with van der Waals surface area (Å²) in [5.74, 6) is -1.71. The van der Waals surface area contributed by atoms with Gasteiger partial charge in [-0.1, -0.05) is 25.7 Å². The molecule has 1 unspecified atom stereocenters. The number of ether oxygens (including phenoxy) is 1. The minimum absolute atomic E-state index is 0.0348. The third kappa shape index (κ3) is 7.95. The van der Waals surface area contributed by atoms with Crippen LogP contribution < -0.4 is 15.8 Å². The van der Waals surface area contributed by atoms with Gasteiger partial charge in [0.15, 0.2) is 17.9 Å². The Hall–Kier alpha value is -2.61. The quantitative estimate of drug-likeness (QED) is 0.210. The van der Waals surface area contributed by atoms with Gasteiger partial charge in [-0.2, -0.15) is 14.4 Å². The Morgan fingerprint density at radius 2 is 2.11 bits per heavy atom. The van der Waals surface area contributed by atoms with Gasteiger partial charge in [0.2, 0.25) is 23.4 Å². The third-order valence-electron chi connectivity index (χ3n) is 6.70. The number of hydroxylamine groups is 2. The minimum Gasteiger partial charge on any atom is -0.350 e. The molecule has 2 aliphatic rings. The second kappa shape index (κ2) is 14.0. The number of thiazole rings is 1. The molecule has 11 nitrogen and oxygen atoms in total. The van der Waals surface area contributed by atoms with E-state index in [1.54, 1.807) is 18.1 Å². The number of amides is 2. The van der Waals surface area contributed by atoms with Crippen LogP contribution in [-0.4, -0.2) is 58.8 Å². The van der Waals surface area contributed by atoms with Crippen LogP contribution in [0.1, 0.15) is 56.4 Å². The summed E-state index contributed by atoms with van der Waals surface area (Å²) in [6.45, 7) is 0.937. The molecule has 2 N–H and O–H groups in total. The van der Waals surface area contributed by atoms with Crippen LogP contribution in [-0.2, 0) is 25.7 Å². The molecule has 2 atom stereocenters. The average Bonchev–Trinajstić information content (AvgIpc) is 3.63. The largest absolute Gasteiger partial charge is 0.350 e. The standard InChI is InChI=1S/C24H33ClFN7O4S/c1-32(14-18-27-9-11-38-18)22-20(26)21(28-24(25)29-22)30-31-23(35)17(12-16-6-2-3-7-16)13-33(15-34)37-19-8-4-5-10-36-19/h9,11,15-17,19H,2-8,10,12-14H2,1H3,(H,31,35)(H,28,29,30)/t17-,19?/m0/s1. The van der Waals surface area contributed by atoms with Crippen molar-refractivity contribution < 1.29 is 23.6 Å². The molecule has 14 heteroatoms. The molecule has 0 aromatic carbocycles. The lowest BCUT2D eigenvalue weighted by atomic mass is 9.92. The van der Waals surface area contributed by atoms with Crippen molar-refractivity contribution in [2.24, 2.45) is 11.8 Å². The molecule has 3 heterocycles. The molecule has 1 aliphatic heterocycles. The van der Waals surface area contributed by atoms with E-state index in [1.807, 2.05) is 5.38 Å². The van der Waals surface area contributed by atoms with Gasteiger partial charge in [-0.25, -0.2) is 14.9 Å². The molecule has 2 aromatic rings. The van der Waals surface area contributed by atoms with Crippen molar-refractivity contribution in [1.82, 2.24) is 25.4 Å². The molecular weight excluding hydrogens is 537 g/mol. The predicted molar refractivity (Wildman–Crippen MR) is 140 cm³/mol. The first-order valence-corrected chi connectivity index (χ1v) is 14.1. The van der Waals surface area contributed by atoms with Gasteiger partial charge >= 0.3 is 0 Å². The highest BCUT2D eigenvalue weighted by molar-refractivity contribution is 7.09. The van der Waals surface area contributed by atoms with Crippen molar-refractivity contribution in [1.29, 1.82) is 0 Å². The summed E-state index contributed by atoms with van der Waals surface area (Å²) >= 11 is 7.50. The van der Waals surface area contributed by atoms with Gasteiger partial charge in [0.05, 0.1) is 19.0 Å². The zero-order valence-corrected chi connectivity index (χ0v) is 22.8. The summed E-state index contributed by atoms with van der Waals surface area (Å²) < 4.78 is 20.9. The summed E-state index contributed by atoms with van der Waals surface area (Å²) in [6, 6.07) is 0. The maximum atomic E-state index is 15.3. The summed E-state index contributed by atoms with van der Waals surface area (Å²) in [4.78, 5) is 44.4. The van der Waals surface area contributed by atoms with E-state index in [1.165, 1.54) is 11.3 Å². The summed E-state index contributed by atoms with van der Waals surface area (Å²) in [5.41, 5.74) is 5.11. The summed E-state index contributed by atoms with van der Waals surface area (Å²) in [7, 11) is 1.66. The molecule has 208 valence electrons. The van der Waals surface area contributed by atoms with Gasteiger partial charge in [-0.3, -0.25) is 20.4 Å². The van der Waals surface area contributed by atoms with Crippen molar-refractivity contribution in [3.8, 4) is 0 Å². The first-order chi connectivity index (χ1) is 18.4. The Morgan fingerprint density at radius 1 is 1.32 bits per heavy atom. The lowest BCUT2D eigenvalue weighted by Crippen LogP contribution is -2.43. The summed E-state index contributed by atoms with van der Waals surface area (Å²) in [6.07, 6.45) is 9.14. The highest BCUT2D eigenvalue weighted by Crippen LogP contribution is 2.31.